The second kappa shape index (κ2) is 6.41. The fourth-order valence-corrected chi connectivity index (χ4v) is 3.21. The predicted molar refractivity (Wildman–Crippen MR) is 88.1 cm³/mol. The first-order chi connectivity index (χ1) is 10.6. The van der Waals surface area contributed by atoms with Gasteiger partial charge in [-0.25, -0.2) is 4.98 Å². The lowest BCUT2D eigenvalue weighted by Crippen LogP contribution is -2.53. The van der Waals surface area contributed by atoms with E-state index in [-0.39, 0.29) is 17.5 Å². The Balaban J connectivity index is 2.01. The van der Waals surface area contributed by atoms with E-state index in [0.29, 0.717) is 12.2 Å². The van der Waals surface area contributed by atoms with Crippen LogP contribution in [-0.2, 0) is 0 Å². The molecule has 4 N–H and O–H groups in total. The number of pyridine rings is 1. The van der Waals surface area contributed by atoms with E-state index in [1.54, 1.807) is 12.1 Å². The van der Waals surface area contributed by atoms with Gasteiger partial charge in [-0.2, -0.15) is 9.45 Å². The summed E-state index contributed by atoms with van der Waals surface area (Å²) in [6.07, 6.45) is 2.32. The maximum Gasteiger partial charge on any atom is 0.214 e. The summed E-state index contributed by atoms with van der Waals surface area (Å²) in [6, 6.07) is 4.44. The van der Waals surface area contributed by atoms with Crippen molar-refractivity contribution in [2.45, 2.75) is 64.1 Å². The third-order valence-electron chi connectivity index (χ3n) is 4.31. The van der Waals surface area contributed by atoms with Crippen LogP contribution in [0.2, 0.25) is 0 Å². The number of hydroxylamine groups is 2. The van der Waals surface area contributed by atoms with Gasteiger partial charge in [0, 0.05) is 17.1 Å². The molecule has 1 atom stereocenters. The van der Waals surface area contributed by atoms with Crippen LogP contribution in [-0.4, -0.2) is 38.3 Å². The molecule has 0 aliphatic carbocycles. The third kappa shape index (κ3) is 4.39. The van der Waals surface area contributed by atoms with Crippen molar-refractivity contribution in [1.29, 1.82) is 5.41 Å². The highest BCUT2D eigenvalue weighted by Crippen LogP contribution is 2.35. The molecule has 1 aliphatic rings. The minimum absolute atomic E-state index is 0.0370. The van der Waals surface area contributed by atoms with Crippen LogP contribution in [0.5, 0.6) is 0 Å². The fraction of sp³-hybridized carbons (Fsp3) is 0.625. The van der Waals surface area contributed by atoms with Crippen molar-refractivity contribution in [2.24, 2.45) is 0 Å². The Morgan fingerprint density at radius 2 is 2.04 bits per heavy atom. The van der Waals surface area contributed by atoms with E-state index >= 15 is 0 Å². The number of hydrogen-bond donors (Lipinski definition) is 4. The molecular formula is C16H26FN5O. The summed E-state index contributed by atoms with van der Waals surface area (Å²) < 4.78 is 13.1. The average molecular weight is 323 g/mol. The van der Waals surface area contributed by atoms with Gasteiger partial charge in [0.1, 0.15) is 5.82 Å². The number of hydrogen-bond acceptors (Lipinski definition) is 4. The van der Waals surface area contributed by atoms with Gasteiger partial charge in [0.05, 0.1) is 0 Å². The number of nitrogens with one attached hydrogen (secondary N) is 3. The maximum absolute atomic E-state index is 13.1. The standard InChI is InChI=1S/C16H26FN5O/c1-15(2)9-8-11(10-16(3,4)22(15)23)19-14(18)21-13-7-5-6-12(17)20-13/h5-7,11,23H,8-10H2,1-4H3,(H3,18,19,20,21). The van der Waals surface area contributed by atoms with Crippen molar-refractivity contribution < 1.29 is 9.60 Å². The molecule has 2 heterocycles. The molecule has 0 aromatic carbocycles. The first kappa shape index (κ1) is 17.6. The van der Waals surface area contributed by atoms with Crippen LogP contribution in [0, 0.1) is 11.4 Å². The molecule has 6 nitrogen and oxygen atoms in total. The Morgan fingerprint density at radius 3 is 2.70 bits per heavy atom. The molecule has 1 aromatic rings. The molecule has 0 radical (unpaired) electrons. The highest BCUT2D eigenvalue weighted by atomic mass is 19.1. The second-order valence-electron chi connectivity index (χ2n) is 7.37. The monoisotopic (exact) mass is 323 g/mol. The molecule has 1 unspecified atom stereocenters. The van der Waals surface area contributed by atoms with E-state index in [4.69, 9.17) is 5.41 Å². The van der Waals surface area contributed by atoms with Crippen molar-refractivity contribution in [1.82, 2.24) is 15.4 Å². The molecule has 128 valence electrons. The maximum atomic E-state index is 13.1. The van der Waals surface area contributed by atoms with Crippen LogP contribution >= 0.6 is 0 Å². The van der Waals surface area contributed by atoms with Gasteiger partial charge in [-0.3, -0.25) is 5.41 Å². The molecule has 2 rings (SSSR count). The summed E-state index contributed by atoms with van der Waals surface area (Å²) in [6.45, 7) is 7.99. The Labute approximate surface area is 136 Å². The van der Waals surface area contributed by atoms with Crippen molar-refractivity contribution in [3.8, 4) is 0 Å². The number of nitrogens with zero attached hydrogens (tertiary/aromatic N) is 2. The third-order valence-corrected chi connectivity index (χ3v) is 4.31. The van der Waals surface area contributed by atoms with Crippen LogP contribution in [0.15, 0.2) is 18.2 Å². The second-order valence-corrected chi connectivity index (χ2v) is 7.37. The predicted octanol–water partition coefficient (Wildman–Crippen LogP) is 2.96. The molecule has 7 heteroatoms. The lowest BCUT2D eigenvalue weighted by Gasteiger charge is -2.42. The van der Waals surface area contributed by atoms with Gasteiger partial charge < -0.3 is 15.8 Å². The molecule has 1 aliphatic heterocycles. The number of guanidine groups is 1. The zero-order valence-corrected chi connectivity index (χ0v) is 14.2. The Kier molecular flexibility index (Phi) is 4.91. The molecule has 23 heavy (non-hydrogen) atoms. The quantitative estimate of drug-likeness (QED) is 0.382. The zero-order chi connectivity index (χ0) is 17.3. The van der Waals surface area contributed by atoms with Gasteiger partial charge in [0.25, 0.3) is 0 Å². The minimum atomic E-state index is -0.587. The van der Waals surface area contributed by atoms with Crippen LogP contribution in [0.25, 0.3) is 0 Å². The molecule has 1 fully saturated rings. The first-order valence-electron chi connectivity index (χ1n) is 7.84. The smallest absolute Gasteiger partial charge is 0.214 e. The molecule has 0 spiro atoms. The lowest BCUT2D eigenvalue weighted by molar-refractivity contribution is -0.221. The van der Waals surface area contributed by atoms with E-state index in [1.165, 1.54) is 11.1 Å². The van der Waals surface area contributed by atoms with Crippen molar-refractivity contribution in [2.75, 3.05) is 5.32 Å². The van der Waals surface area contributed by atoms with Gasteiger partial charge in [0.15, 0.2) is 5.96 Å². The minimum Gasteiger partial charge on any atom is -0.353 e. The highest BCUT2D eigenvalue weighted by molar-refractivity contribution is 5.90. The largest absolute Gasteiger partial charge is 0.353 e. The van der Waals surface area contributed by atoms with Crippen LogP contribution in [0.3, 0.4) is 0 Å². The first-order valence-corrected chi connectivity index (χ1v) is 7.84. The summed E-state index contributed by atoms with van der Waals surface area (Å²) in [5, 5.41) is 25.8. The average Bonchev–Trinajstić information content (AvgIpc) is 2.49. The van der Waals surface area contributed by atoms with Crippen molar-refractivity contribution in [3.63, 3.8) is 0 Å². The van der Waals surface area contributed by atoms with Crippen LogP contribution in [0.4, 0.5) is 10.2 Å². The van der Waals surface area contributed by atoms with Crippen molar-refractivity contribution in [3.05, 3.63) is 24.1 Å². The van der Waals surface area contributed by atoms with E-state index in [1.807, 2.05) is 27.7 Å². The highest BCUT2D eigenvalue weighted by Gasteiger charge is 2.41. The molecule has 0 amide bonds. The summed E-state index contributed by atoms with van der Waals surface area (Å²) in [5.41, 5.74) is -0.727. The summed E-state index contributed by atoms with van der Waals surface area (Å²) in [4.78, 5) is 3.68. The Morgan fingerprint density at radius 1 is 1.35 bits per heavy atom. The molecular weight excluding hydrogens is 297 g/mol. The fourth-order valence-electron chi connectivity index (χ4n) is 3.21. The normalized spacial score (nSPS) is 23.8. The number of aromatic nitrogens is 1. The van der Waals surface area contributed by atoms with E-state index in [2.05, 4.69) is 15.6 Å². The molecule has 1 aromatic heterocycles. The van der Waals surface area contributed by atoms with Crippen LogP contribution in [0.1, 0.15) is 47.0 Å². The number of rotatable bonds is 2. The topological polar surface area (TPSA) is 84.3 Å². The van der Waals surface area contributed by atoms with Gasteiger partial charge in [-0.1, -0.05) is 6.07 Å². The van der Waals surface area contributed by atoms with E-state index in [0.717, 1.165) is 12.8 Å². The summed E-state index contributed by atoms with van der Waals surface area (Å²) in [5.74, 6) is -0.219. The Bertz CT molecular complexity index is 575. The molecule has 0 saturated carbocycles. The van der Waals surface area contributed by atoms with Gasteiger partial charge in [0.2, 0.25) is 5.95 Å². The number of halogens is 1. The SMILES string of the molecule is CC1(C)CCC(NC(=N)Nc2cccc(F)n2)CC(C)(C)N1O. The molecule has 0 bridgehead atoms. The van der Waals surface area contributed by atoms with Gasteiger partial charge in [-0.15, -0.1) is 0 Å². The Hall–Kier alpha value is -1.73. The zero-order valence-electron chi connectivity index (χ0n) is 14.2. The van der Waals surface area contributed by atoms with E-state index in [9.17, 15) is 9.60 Å². The summed E-state index contributed by atoms with van der Waals surface area (Å²) >= 11 is 0. The van der Waals surface area contributed by atoms with E-state index < -0.39 is 11.5 Å². The van der Waals surface area contributed by atoms with Gasteiger partial charge in [-0.05, 0) is 59.1 Å². The van der Waals surface area contributed by atoms with Crippen LogP contribution < -0.4 is 10.6 Å². The molecule has 1 saturated heterocycles. The van der Waals surface area contributed by atoms with Crippen molar-refractivity contribution >= 4 is 11.8 Å². The lowest BCUT2D eigenvalue weighted by atomic mass is 9.94. The number of anilines is 1. The van der Waals surface area contributed by atoms with Gasteiger partial charge >= 0.3 is 0 Å². The summed E-state index contributed by atoms with van der Waals surface area (Å²) in [7, 11) is 0.